The minimum atomic E-state index is -0.949. The zero-order valence-corrected chi connectivity index (χ0v) is 8.88. The average molecular weight is 275 g/mol. The minimum Gasteiger partial charge on any atom is -0.368 e. The lowest BCUT2D eigenvalue weighted by molar-refractivity contribution is 0.439. The van der Waals surface area contributed by atoms with Gasteiger partial charge in [0.05, 0.1) is 0 Å². The number of aromatic nitrogens is 1. The van der Waals surface area contributed by atoms with E-state index in [1.807, 2.05) is 0 Å². The van der Waals surface area contributed by atoms with Crippen LogP contribution >= 0.6 is 15.9 Å². The van der Waals surface area contributed by atoms with Crippen LogP contribution in [-0.2, 0) is 0 Å². The monoisotopic (exact) mass is 274 g/mol. The quantitative estimate of drug-likeness (QED) is 0.814. The standard InChI is InChI=1S/C9H5BrF2N2O/c10-5-2-7(12)6(11)1-4(5)8-3-9(13)15-14-8/h1-3H,13H2. The van der Waals surface area contributed by atoms with E-state index >= 15 is 0 Å². The van der Waals surface area contributed by atoms with Crippen LogP contribution in [0.15, 0.2) is 27.2 Å². The summed E-state index contributed by atoms with van der Waals surface area (Å²) in [4.78, 5) is 0. The smallest absolute Gasteiger partial charge is 0.222 e. The van der Waals surface area contributed by atoms with Crippen LogP contribution in [0.2, 0.25) is 0 Å². The fourth-order valence-corrected chi connectivity index (χ4v) is 1.65. The Hall–Kier alpha value is -1.43. The summed E-state index contributed by atoms with van der Waals surface area (Å²) in [5.41, 5.74) is 6.05. The Morgan fingerprint density at radius 3 is 2.47 bits per heavy atom. The Morgan fingerprint density at radius 1 is 1.20 bits per heavy atom. The molecule has 1 aromatic heterocycles. The Morgan fingerprint density at radius 2 is 1.87 bits per heavy atom. The van der Waals surface area contributed by atoms with Crippen molar-refractivity contribution < 1.29 is 13.3 Å². The van der Waals surface area contributed by atoms with Crippen molar-refractivity contribution in [2.24, 2.45) is 0 Å². The molecule has 6 heteroatoms. The van der Waals surface area contributed by atoms with Crippen molar-refractivity contribution in [2.75, 3.05) is 5.73 Å². The van der Waals surface area contributed by atoms with Crippen molar-refractivity contribution in [1.29, 1.82) is 0 Å². The van der Waals surface area contributed by atoms with Crippen LogP contribution in [0.1, 0.15) is 0 Å². The first-order chi connectivity index (χ1) is 7.08. The first-order valence-electron chi connectivity index (χ1n) is 3.95. The Labute approximate surface area is 92.0 Å². The molecule has 0 aliphatic heterocycles. The third-order valence-corrected chi connectivity index (χ3v) is 2.47. The maximum absolute atomic E-state index is 13.0. The fraction of sp³-hybridized carbons (Fsp3) is 0. The highest BCUT2D eigenvalue weighted by Crippen LogP contribution is 2.30. The van der Waals surface area contributed by atoms with Crippen molar-refractivity contribution in [3.8, 4) is 11.3 Å². The van der Waals surface area contributed by atoms with Gasteiger partial charge in [-0.25, -0.2) is 8.78 Å². The lowest BCUT2D eigenvalue weighted by Crippen LogP contribution is -1.87. The summed E-state index contributed by atoms with van der Waals surface area (Å²) in [6.07, 6.45) is 0. The van der Waals surface area contributed by atoms with Crippen LogP contribution in [0.4, 0.5) is 14.7 Å². The van der Waals surface area contributed by atoms with E-state index in [1.165, 1.54) is 6.07 Å². The molecule has 0 unspecified atom stereocenters. The van der Waals surface area contributed by atoms with E-state index in [-0.39, 0.29) is 5.88 Å². The molecule has 0 spiro atoms. The van der Waals surface area contributed by atoms with Gasteiger partial charge in [-0.1, -0.05) is 5.16 Å². The lowest BCUT2D eigenvalue weighted by Gasteiger charge is -2.00. The molecule has 0 aliphatic carbocycles. The normalized spacial score (nSPS) is 10.6. The van der Waals surface area contributed by atoms with Crippen LogP contribution in [0.25, 0.3) is 11.3 Å². The molecule has 0 fully saturated rings. The summed E-state index contributed by atoms with van der Waals surface area (Å²) in [7, 11) is 0. The number of nitrogens with zero attached hydrogens (tertiary/aromatic N) is 1. The molecule has 78 valence electrons. The van der Waals surface area contributed by atoms with Gasteiger partial charge in [-0.2, -0.15) is 0 Å². The fourth-order valence-electron chi connectivity index (χ4n) is 1.14. The molecular weight excluding hydrogens is 270 g/mol. The van der Waals surface area contributed by atoms with Gasteiger partial charge in [0.2, 0.25) is 5.88 Å². The van der Waals surface area contributed by atoms with Crippen LogP contribution < -0.4 is 5.73 Å². The van der Waals surface area contributed by atoms with Gasteiger partial charge in [-0.3, -0.25) is 0 Å². The van der Waals surface area contributed by atoms with Gasteiger partial charge in [0.1, 0.15) is 5.69 Å². The molecule has 15 heavy (non-hydrogen) atoms. The zero-order valence-electron chi connectivity index (χ0n) is 7.30. The summed E-state index contributed by atoms with van der Waals surface area (Å²) in [6, 6.07) is 3.48. The Balaban J connectivity index is 2.58. The number of nitrogen functional groups attached to an aromatic ring is 1. The van der Waals surface area contributed by atoms with Crippen molar-refractivity contribution in [3.05, 3.63) is 34.3 Å². The number of benzene rings is 1. The van der Waals surface area contributed by atoms with Gasteiger partial charge in [0, 0.05) is 16.1 Å². The van der Waals surface area contributed by atoms with Crippen molar-refractivity contribution in [1.82, 2.24) is 5.16 Å². The van der Waals surface area contributed by atoms with Gasteiger partial charge in [0.15, 0.2) is 11.6 Å². The van der Waals surface area contributed by atoms with Crippen LogP contribution in [0, 0.1) is 11.6 Å². The van der Waals surface area contributed by atoms with Gasteiger partial charge in [-0.15, -0.1) is 0 Å². The summed E-state index contributed by atoms with van der Waals surface area (Å²) >= 11 is 3.10. The predicted octanol–water partition coefficient (Wildman–Crippen LogP) is 2.96. The molecule has 2 rings (SSSR count). The van der Waals surface area contributed by atoms with E-state index in [1.54, 1.807) is 0 Å². The number of nitrogens with two attached hydrogens (primary N) is 1. The number of rotatable bonds is 1. The lowest BCUT2D eigenvalue weighted by atomic mass is 10.1. The van der Waals surface area contributed by atoms with Gasteiger partial charge in [0.25, 0.3) is 0 Å². The maximum Gasteiger partial charge on any atom is 0.222 e. The molecule has 2 aromatic rings. The third-order valence-electron chi connectivity index (χ3n) is 1.81. The van der Waals surface area contributed by atoms with Gasteiger partial charge in [-0.05, 0) is 28.1 Å². The minimum absolute atomic E-state index is 0.113. The van der Waals surface area contributed by atoms with Gasteiger partial charge >= 0.3 is 0 Å². The van der Waals surface area contributed by atoms with Crippen LogP contribution in [0.3, 0.4) is 0 Å². The van der Waals surface area contributed by atoms with Crippen molar-refractivity contribution >= 4 is 21.8 Å². The largest absolute Gasteiger partial charge is 0.368 e. The highest BCUT2D eigenvalue weighted by atomic mass is 79.9. The number of hydrogen-bond donors (Lipinski definition) is 1. The summed E-state index contributed by atoms with van der Waals surface area (Å²) < 4.78 is 30.8. The van der Waals surface area contributed by atoms with E-state index in [0.29, 0.717) is 15.7 Å². The second-order valence-electron chi connectivity index (χ2n) is 2.86. The first-order valence-corrected chi connectivity index (χ1v) is 4.74. The number of halogens is 3. The second-order valence-corrected chi connectivity index (χ2v) is 3.72. The molecule has 0 saturated carbocycles. The van der Waals surface area contributed by atoms with Crippen LogP contribution in [-0.4, -0.2) is 5.16 Å². The predicted molar refractivity (Wildman–Crippen MR) is 54.0 cm³/mol. The summed E-state index contributed by atoms with van der Waals surface area (Å²) in [5, 5.41) is 3.60. The van der Waals surface area contributed by atoms with Crippen LogP contribution in [0.5, 0.6) is 0 Å². The van der Waals surface area contributed by atoms with E-state index in [0.717, 1.165) is 12.1 Å². The molecular formula is C9H5BrF2N2O. The average Bonchev–Trinajstić information content (AvgIpc) is 2.58. The topological polar surface area (TPSA) is 52.0 Å². The molecule has 1 heterocycles. The Bertz CT molecular complexity index is 513. The molecule has 0 atom stereocenters. The molecule has 2 N–H and O–H groups in total. The summed E-state index contributed by atoms with van der Waals surface area (Å²) in [6.45, 7) is 0. The molecule has 3 nitrogen and oxygen atoms in total. The number of anilines is 1. The molecule has 0 amide bonds. The zero-order chi connectivity index (χ0) is 11.0. The molecule has 0 aliphatic rings. The molecule has 0 saturated heterocycles. The van der Waals surface area contributed by atoms with Crippen molar-refractivity contribution in [3.63, 3.8) is 0 Å². The highest BCUT2D eigenvalue weighted by Gasteiger charge is 2.12. The highest BCUT2D eigenvalue weighted by molar-refractivity contribution is 9.10. The SMILES string of the molecule is Nc1cc(-c2cc(F)c(F)cc2Br)no1. The van der Waals surface area contributed by atoms with Crippen molar-refractivity contribution in [2.45, 2.75) is 0 Å². The van der Waals surface area contributed by atoms with E-state index < -0.39 is 11.6 Å². The van der Waals surface area contributed by atoms with Gasteiger partial charge < -0.3 is 10.3 Å². The third kappa shape index (κ3) is 1.85. The summed E-state index contributed by atoms with van der Waals surface area (Å²) in [5.74, 6) is -1.77. The molecule has 1 aromatic carbocycles. The van der Waals surface area contributed by atoms with E-state index in [9.17, 15) is 8.78 Å². The Kier molecular flexibility index (Phi) is 2.44. The number of hydrogen-bond acceptors (Lipinski definition) is 3. The maximum atomic E-state index is 13.0. The second kappa shape index (κ2) is 3.62. The molecule has 0 radical (unpaired) electrons. The van der Waals surface area contributed by atoms with E-state index in [2.05, 4.69) is 25.6 Å². The van der Waals surface area contributed by atoms with E-state index in [4.69, 9.17) is 5.73 Å². The first kappa shape index (κ1) is 10.1. The molecule has 0 bridgehead atoms.